The van der Waals surface area contributed by atoms with Crippen molar-refractivity contribution in [2.75, 3.05) is 0 Å². The van der Waals surface area contributed by atoms with Crippen molar-refractivity contribution in [3.05, 3.63) is 48.1 Å². The van der Waals surface area contributed by atoms with Crippen molar-refractivity contribution in [3.63, 3.8) is 0 Å². The summed E-state index contributed by atoms with van der Waals surface area (Å²) in [7, 11) is 0. The molecule has 3 unspecified atom stereocenters. The molecule has 0 amide bonds. The summed E-state index contributed by atoms with van der Waals surface area (Å²) in [5, 5.41) is 4.03. The van der Waals surface area contributed by atoms with Crippen LogP contribution in [0.3, 0.4) is 0 Å². The maximum atomic E-state index is 13.7. The Labute approximate surface area is 109 Å². The number of rotatable bonds is 3. The van der Waals surface area contributed by atoms with Crippen LogP contribution in [-0.4, -0.2) is 20.4 Å². The third-order valence-corrected chi connectivity index (χ3v) is 3.76. The van der Waals surface area contributed by atoms with Crippen LogP contribution in [0.1, 0.15) is 31.6 Å². The lowest BCUT2D eigenvalue weighted by Crippen LogP contribution is -2.23. The molecule has 0 N–H and O–H groups in total. The summed E-state index contributed by atoms with van der Waals surface area (Å²) in [5.74, 6) is -1.17. The van der Waals surface area contributed by atoms with E-state index in [1.165, 1.54) is 24.5 Å². The summed E-state index contributed by atoms with van der Waals surface area (Å²) in [6, 6.07) is 3.65. The second-order valence-corrected chi connectivity index (χ2v) is 4.87. The number of nitrogens with zero attached hydrogens (tertiary/aromatic N) is 3. The van der Waals surface area contributed by atoms with Gasteiger partial charge in [-0.05, 0) is 26.0 Å². The van der Waals surface area contributed by atoms with Crippen LogP contribution in [0.15, 0.2) is 30.9 Å². The van der Waals surface area contributed by atoms with E-state index < -0.39 is 23.3 Å². The number of epoxide rings is 1. The minimum atomic E-state index is -0.684. The van der Waals surface area contributed by atoms with Crippen LogP contribution in [0.2, 0.25) is 0 Å². The van der Waals surface area contributed by atoms with Gasteiger partial charge in [-0.2, -0.15) is 5.10 Å². The molecule has 1 fully saturated rings. The summed E-state index contributed by atoms with van der Waals surface area (Å²) >= 11 is 0. The van der Waals surface area contributed by atoms with Crippen LogP contribution < -0.4 is 0 Å². The highest BCUT2D eigenvalue weighted by molar-refractivity contribution is 5.29. The first-order valence-electron chi connectivity index (χ1n) is 6.00. The van der Waals surface area contributed by atoms with Crippen molar-refractivity contribution in [1.82, 2.24) is 14.8 Å². The zero-order valence-electron chi connectivity index (χ0n) is 10.5. The molecule has 1 aromatic carbocycles. The fourth-order valence-electron chi connectivity index (χ4n) is 2.32. The second kappa shape index (κ2) is 4.09. The van der Waals surface area contributed by atoms with E-state index >= 15 is 0 Å². The van der Waals surface area contributed by atoms with E-state index in [-0.39, 0.29) is 11.6 Å². The lowest BCUT2D eigenvalue weighted by Gasteiger charge is -2.16. The van der Waals surface area contributed by atoms with Crippen LogP contribution in [0.4, 0.5) is 8.78 Å². The predicted octanol–water partition coefficient (Wildman–Crippen LogP) is 2.65. The molecule has 0 saturated carbocycles. The van der Waals surface area contributed by atoms with E-state index in [1.807, 2.05) is 13.8 Å². The Hall–Kier alpha value is -1.82. The molecule has 19 heavy (non-hydrogen) atoms. The molecule has 4 nitrogen and oxygen atoms in total. The average Bonchev–Trinajstić information content (AvgIpc) is 2.83. The molecule has 1 aliphatic rings. The molecule has 6 heteroatoms. The fourth-order valence-corrected chi connectivity index (χ4v) is 2.32. The Morgan fingerprint density at radius 1 is 1.37 bits per heavy atom. The minimum Gasteiger partial charge on any atom is -0.359 e. The fraction of sp³-hybridized carbons (Fsp3) is 0.385. The molecule has 0 radical (unpaired) electrons. The molecule has 3 rings (SSSR count). The van der Waals surface area contributed by atoms with Gasteiger partial charge in [-0.3, -0.25) is 0 Å². The monoisotopic (exact) mass is 265 g/mol. The van der Waals surface area contributed by atoms with Gasteiger partial charge in [0.2, 0.25) is 0 Å². The largest absolute Gasteiger partial charge is 0.359 e. The summed E-state index contributed by atoms with van der Waals surface area (Å²) in [6.45, 7) is 3.70. The van der Waals surface area contributed by atoms with Gasteiger partial charge in [0, 0.05) is 0 Å². The zero-order valence-corrected chi connectivity index (χ0v) is 10.5. The average molecular weight is 265 g/mol. The molecule has 0 aliphatic carbocycles. The summed E-state index contributed by atoms with van der Waals surface area (Å²) in [6.07, 6.45) is 2.38. The van der Waals surface area contributed by atoms with Crippen molar-refractivity contribution in [2.45, 2.75) is 31.6 Å². The van der Waals surface area contributed by atoms with Gasteiger partial charge in [-0.25, -0.2) is 18.4 Å². The number of ether oxygens (including phenoxy) is 1. The summed E-state index contributed by atoms with van der Waals surface area (Å²) < 4.78 is 34.7. The number of benzene rings is 1. The molecule has 2 heterocycles. The first kappa shape index (κ1) is 12.2. The van der Waals surface area contributed by atoms with Gasteiger partial charge in [0.15, 0.2) is 0 Å². The van der Waals surface area contributed by atoms with Crippen molar-refractivity contribution < 1.29 is 13.5 Å². The number of halogens is 2. The van der Waals surface area contributed by atoms with Crippen molar-refractivity contribution in [1.29, 1.82) is 0 Å². The topological polar surface area (TPSA) is 43.2 Å². The Kier molecular flexibility index (Phi) is 2.63. The van der Waals surface area contributed by atoms with Crippen LogP contribution in [0.5, 0.6) is 0 Å². The molecule has 1 saturated heterocycles. The molecule has 0 bridgehead atoms. The lowest BCUT2D eigenvalue weighted by atomic mass is 9.94. The summed E-state index contributed by atoms with van der Waals surface area (Å²) in [5.41, 5.74) is -0.700. The lowest BCUT2D eigenvalue weighted by molar-refractivity contribution is 0.233. The number of aromatic nitrogens is 3. The molecule has 1 aliphatic heterocycles. The van der Waals surface area contributed by atoms with Gasteiger partial charge in [-0.15, -0.1) is 0 Å². The van der Waals surface area contributed by atoms with Crippen LogP contribution in [0.25, 0.3) is 0 Å². The SMILES string of the molecule is CC(n1cncn1)C1(C)OC1c1c(F)cccc1F. The Bertz CT molecular complexity index is 582. The summed E-state index contributed by atoms with van der Waals surface area (Å²) in [4.78, 5) is 3.87. The highest BCUT2D eigenvalue weighted by Gasteiger charge is 2.59. The van der Waals surface area contributed by atoms with Crippen LogP contribution in [-0.2, 0) is 4.74 Å². The molecular formula is C13H13F2N3O. The highest BCUT2D eigenvalue weighted by Crippen LogP contribution is 2.56. The van der Waals surface area contributed by atoms with E-state index in [2.05, 4.69) is 10.1 Å². The van der Waals surface area contributed by atoms with E-state index in [1.54, 1.807) is 11.0 Å². The van der Waals surface area contributed by atoms with Crippen LogP contribution in [0, 0.1) is 11.6 Å². The molecule has 3 atom stereocenters. The highest BCUT2D eigenvalue weighted by atomic mass is 19.1. The van der Waals surface area contributed by atoms with Gasteiger partial charge in [0.25, 0.3) is 0 Å². The maximum Gasteiger partial charge on any atom is 0.137 e. The van der Waals surface area contributed by atoms with Gasteiger partial charge < -0.3 is 4.74 Å². The Morgan fingerprint density at radius 2 is 2.05 bits per heavy atom. The quantitative estimate of drug-likeness (QED) is 0.801. The number of hydrogen-bond donors (Lipinski definition) is 0. The molecule has 100 valence electrons. The maximum absolute atomic E-state index is 13.7. The first-order valence-corrected chi connectivity index (χ1v) is 6.00. The van der Waals surface area contributed by atoms with Gasteiger partial charge in [0.05, 0.1) is 11.6 Å². The minimum absolute atomic E-state index is 0.0167. The van der Waals surface area contributed by atoms with Gasteiger partial charge in [-0.1, -0.05) is 6.07 Å². The van der Waals surface area contributed by atoms with Crippen LogP contribution >= 0.6 is 0 Å². The van der Waals surface area contributed by atoms with E-state index in [0.29, 0.717) is 0 Å². The first-order chi connectivity index (χ1) is 9.04. The second-order valence-electron chi connectivity index (χ2n) is 4.87. The van der Waals surface area contributed by atoms with Crippen molar-refractivity contribution in [2.24, 2.45) is 0 Å². The number of hydrogen-bond acceptors (Lipinski definition) is 3. The van der Waals surface area contributed by atoms with E-state index in [4.69, 9.17) is 4.74 Å². The van der Waals surface area contributed by atoms with Gasteiger partial charge >= 0.3 is 0 Å². The normalized spacial score (nSPS) is 27.3. The standard InChI is InChI=1S/C13H13F2N3O/c1-8(18-7-16-6-17-18)13(2)12(19-13)11-9(14)4-3-5-10(11)15/h3-8,12H,1-2H3. The van der Waals surface area contributed by atoms with E-state index in [0.717, 1.165) is 0 Å². The van der Waals surface area contributed by atoms with Crippen molar-refractivity contribution in [3.8, 4) is 0 Å². The molecule has 1 aromatic heterocycles. The Balaban J connectivity index is 1.91. The molecule has 2 aromatic rings. The molecular weight excluding hydrogens is 252 g/mol. The third kappa shape index (κ3) is 1.83. The Morgan fingerprint density at radius 3 is 2.63 bits per heavy atom. The zero-order chi connectivity index (χ0) is 13.6. The van der Waals surface area contributed by atoms with Crippen molar-refractivity contribution >= 4 is 0 Å². The van der Waals surface area contributed by atoms with E-state index in [9.17, 15) is 8.78 Å². The molecule has 0 spiro atoms. The third-order valence-electron chi connectivity index (χ3n) is 3.76. The predicted molar refractivity (Wildman–Crippen MR) is 63.3 cm³/mol. The smallest absolute Gasteiger partial charge is 0.137 e. The van der Waals surface area contributed by atoms with Gasteiger partial charge in [0.1, 0.15) is 36.0 Å².